The zero-order valence-electron chi connectivity index (χ0n) is 13.4. The first-order valence-electron chi connectivity index (χ1n) is 7.39. The molecule has 2 aliphatic rings. The van der Waals surface area contributed by atoms with E-state index in [-0.39, 0.29) is 36.8 Å². The summed E-state index contributed by atoms with van der Waals surface area (Å²) in [5.74, 6) is 1.17. The van der Waals surface area contributed by atoms with Gasteiger partial charge in [-0.25, -0.2) is 9.97 Å². The molecule has 1 aromatic heterocycles. The van der Waals surface area contributed by atoms with E-state index in [1.54, 1.807) is 6.33 Å². The van der Waals surface area contributed by atoms with Gasteiger partial charge in [0.15, 0.2) is 0 Å². The summed E-state index contributed by atoms with van der Waals surface area (Å²) in [6.45, 7) is 7.96. The number of carbonyl (C=O) groups excluding carboxylic acids is 1. The number of amides is 1. The molecule has 0 aliphatic carbocycles. The summed E-state index contributed by atoms with van der Waals surface area (Å²) in [6, 6.07) is -0.139. The average Bonchev–Trinajstić information content (AvgIpc) is 3.04. The maximum absolute atomic E-state index is 12.3. The fraction of sp³-hybridized carbons (Fsp3) is 0.533. The highest BCUT2D eigenvalue weighted by Gasteiger charge is 2.27. The van der Waals surface area contributed by atoms with E-state index in [2.05, 4.69) is 27.1 Å². The van der Waals surface area contributed by atoms with Crippen molar-refractivity contribution in [3.8, 4) is 0 Å². The van der Waals surface area contributed by atoms with Crippen LogP contribution in [0.3, 0.4) is 0 Å². The molecule has 1 N–H and O–H groups in total. The first-order valence-corrected chi connectivity index (χ1v) is 7.39. The topological polar surface area (TPSA) is 61.4 Å². The van der Waals surface area contributed by atoms with E-state index in [0.29, 0.717) is 0 Å². The average molecular weight is 360 g/mol. The normalized spacial score (nSPS) is 20.0. The van der Waals surface area contributed by atoms with Crippen molar-refractivity contribution in [3.05, 3.63) is 29.7 Å². The van der Waals surface area contributed by atoms with Gasteiger partial charge in [0.05, 0.1) is 0 Å². The number of anilines is 1. The number of hydrogen-bond donors (Lipinski definition) is 1. The quantitative estimate of drug-likeness (QED) is 0.801. The summed E-state index contributed by atoms with van der Waals surface area (Å²) in [6.07, 6.45) is 5.57. The van der Waals surface area contributed by atoms with E-state index in [0.717, 1.165) is 49.8 Å². The number of nitrogens with one attached hydrogen (secondary N) is 1. The lowest BCUT2D eigenvalue weighted by molar-refractivity contribution is -0.132. The highest BCUT2D eigenvalue weighted by atomic mass is 35.5. The number of halogens is 2. The molecule has 23 heavy (non-hydrogen) atoms. The SMILES string of the molecule is Cc1ncnc(N2CCN(C(=O)C3C=CCN3)CC2)c1C.Cl.Cl. The molecular weight excluding hydrogens is 337 g/mol. The molecule has 0 spiro atoms. The summed E-state index contributed by atoms with van der Waals surface area (Å²) >= 11 is 0. The van der Waals surface area contributed by atoms with E-state index in [1.807, 2.05) is 24.0 Å². The van der Waals surface area contributed by atoms with Gasteiger partial charge in [-0.3, -0.25) is 10.1 Å². The van der Waals surface area contributed by atoms with E-state index >= 15 is 0 Å². The maximum Gasteiger partial charge on any atom is 0.243 e. The minimum absolute atomic E-state index is 0. The van der Waals surface area contributed by atoms with Gasteiger partial charge in [0, 0.05) is 44.0 Å². The largest absolute Gasteiger partial charge is 0.353 e. The Balaban J connectivity index is 0.00000132. The second kappa shape index (κ2) is 8.47. The molecular formula is C15H23Cl2N5O. The van der Waals surface area contributed by atoms with Gasteiger partial charge >= 0.3 is 0 Å². The van der Waals surface area contributed by atoms with Crippen molar-refractivity contribution in [3.63, 3.8) is 0 Å². The molecule has 1 atom stereocenters. The predicted octanol–water partition coefficient (Wildman–Crippen LogP) is 1.11. The third-order valence-electron chi connectivity index (χ3n) is 4.25. The Morgan fingerprint density at radius 2 is 1.87 bits per heavy atom. The predicted molar refractivity (Wildman–Crippen MR) is 95.7 cm³/mol. The molecule has 6 nitrogen and oxygen atoms in total. The molecule has 2 aliphatic heterocycles. The van der Waals surface area contributed by atoms with Crippen LogP contribution in [-0.4, -0.2) is 59.5 Å². The summed E-state index contributed by atoms with van der Waals surface area (Å²) < 4.78 is 0. The number of aromatic nitrogens is 2. The number of nitrogens with zero attached hydrogens (tertiary/aromatic N) is 4. The Morgan fingerprint density at radius 1 is 1.17 bits per heavy atom. The van der Waals surface area contributed by atoms with Crippen LogP contribution in [0.5, 0.6) is 0 Å². The van der Waals surface area contributed by atoms with Crippen LogP contribution in [0.4, 0.5) is 5.82 Å². The Kier molecular flexibility index (Phi) is 7.25. The van der Waals surface area contributed by atoms with E-state index in [9.17, 15) is 4.79 Å². The molecule has 0 saturated carbocycles. The molecule has 1 fully saturated rings. The number of carbonyl (C=O) groups is 1. The molecule has 1 unspecified atom stereocenters. The second-order valence-corrected chi connectivity index (χ2v) is 5.53. The van der Waals surface area contributed by atoms with Crippen LogP contribution in [0.1, 0.15) is 11.3 Å². The van der Waals surface area contributed by atoms with E-state index in [1.165, 1.54) is 0 Å². The lowest BCUT2D eigenvalue weighted by atomic mass is 10.2. The Bertz CT molecular complexity index is 573. The molecule has 3 heterocycles. The number of hydrogen-bond acceptors (Lipinski definition) is 5. The fourth-order valence-electron chi connectivity index (χ4n) is 2.82. The first-order chi connectivity index (χ1) is 10.2. The lowest BCUT2D eigenvalue weighted by Gasteiger charge is -2.37. The first kappa shape index (κ1) is 19.7. The van der Waals surface area contributed by atoms with Crippen molar-refractivity contribution in [2.24, 2.45) is 0 Å². The molecule has 128 valence electrons. The standard InChI is InChI=1S/C15H21N5O.2ClH/c1-11-12(2)17-10-18-14(11)19-6-8-20(9-7-19)15(21)13-4-3-5-16-13;;/h3-4,10,13,16H,5-9H2,1-2H3;2*1H. The Morgan fingerprint density at radius 3 is 2.48 bits per heavy atom. The van der Waals surface area contributed by atoms with Crippen LogP contribution in [0.25, 0.3) is 0 Å². The second-order valence-electron chi connectivity index (χ2n) is 5.53. The van der Waals surface area contributed by atoms with Gasteiger partial charge in [-0.15, -0.1) is 24.8 Å². The number of piperazine rings is 1. The molecule has 0 bridgehead atoms. The van der Waals surface area contributed by atoms with Gasteiger partial charge in [0.2, 0.25) is 5.91 Å². The minimum Gasteiger partial charge on any atom is -0.353 e. The van der Waals surface area contributed by atoms with Gasteiger partial charge in [0.25, 0.3) is 0 Å². The van der Waals surface area contributed by atoms with Crippen molar-refractivity contribution in [2.45, 2.75) is 19.9 Å². The third-order valence-corrected chi connectivity index (χ3v) is 4.25. The number of aryl methyl sites for hydroxylation is 1. The summed E-state index contributed by atoms with van der Waals surface area (Å²) in [5, 5.41) is 3.18. The molecule has 0 radical (unpaired) electrons. The van der Waals surface area contributed by atoms with Crippen LogP contribution < -0.4 is 10.2 Å². The van der Waals surface area contributed by atoms with Crippen LogP contribution in [0, 0.1) is 13.8 Å². The van der Waals surface area contributed by atoms with Crippen LogP contribution in [-0.2, 0) is 4.79 Å². The Hall–Kier alpha value is -1.37. The van der Waals surface area contributed by atoms with Crippen molar-refractivity contribution < 1.29 is 4.79 Å². The van der Waals surface area contributed by atoms with E-state index in [4.69, 9.17) is 0 Å². The monoisotopic (exact) mass is 359 g/mol. The van der Waals surface area contributed by atoms with Crippen molar-refractivity contribution in [1.29, 1.82) is 0 Å². The highest BCUT2D eigenvalue weighted by Crippen LogP contribution is 2.20. The summed E-state index contributed by atoms with van der Waals surface area (Å²) in [5.41, 5.74) is 2.14. The van der Waals surface area contributed by atoms with Crippen molar-refractivity contribution in [2.75, 3.05) is 37.6 Å². The summed E-state index contributed by atoms with van der Waals surface area (Å²) in [7, 11) is 0. The molecule has 3 rings (SSSR count). The molecule has 0 aromatic carbocycles. The third kappa shape index (κ3) is 4.13. The minimum atomic E-state index is -0.139. The van der Waals surface area contributed by atoms with Gasteiger partial charge in [-0.1, -0.05) is 12.2 Å². The lowest BCUT2D eigenvalue weighted by Crippen LogP contribution is -2.53. The zero-order chi connectivity index (χ0) is 14.8. The van der Waals surface area contributed by atoms with Gasteiger partial charge < -0.3 is 9.80 Å². The fourth-order valence-corrected chi connectivity index (χ4v) is 2.82. The van der Waals surface area contributed by atoms with Crippen LogP contribution in [0.2, 0.25) is 0 Å². The zero-order valence-corrected chi connectivity index (χ0v) is 15.0. The molecule has 1 aromatic rings. The number of rotatable bonds is 2. The van der Waals surface area contributed by atoms with Crippen molar-refractivity contribution in [1.82, 2.24) is 20.2 Å². The molecule has 1 saturated heterocycles. The van der Waals surface area contributed by atoms with Crippen molar-refractivity contribution >= 4 is 36.5 Å². The van der Waals surface area contributed by atoms with Crippen LogP contribution >= 0.6 is 24.8 Å². The summed E-state index contributed by atoms with van der Waals surface area (Å²) in [4.78, 5) is 25.1. The Labute approximate surface area is 149 Å². The molecule has 8 heteroatoms. The molecule has 1 amide bonds. The van der Waals surface area contributed by atoms with Crippen LogP contribution in [0.15, 0.2) is 18.5 Å². The highest BCUT2D eigenvalue weighted by molar-refractivity contribution is 5.86. The van der Waals surface area contributed by atoms with Gasteiger partial charge in [0.1, 0.15) is 18.2 Å². The van der Waals surface area contributed by atoms with Gasteiger partial charge in [-0.05, 0) is 13.8 Å². The maximum atomic E-state index is 12.3. The van der Waals surface area contributed by atoms with E-state index < -0.39 is 0 Å². The van der Waals surface area contributed by atoms with Gasteiger partial charge in [-0.2, -0.15) is 0 Å². The smallest absolute Gasteiger partial charge is 0.243 e.